The molecule has 0 aliphatic rings. The molecule has 0 aromatic heterocycles. The van der Waals surface area contributed by atoms with E-state index in [1.807, 2.05) is 0 Å². The lowest BCUT2D eigenvalue weighted by Crippen LogP contribution is -2.11. The molecule has 266 valence electrons. The maximum atomic E-state index is 2.40. The second-order valence-corrected chi connectivity index (χ2v) is 14.9. The van der Waals surface area contributed by atoms with Crippen LogP contribution in [0, 0.1) is 0 Å². The van der Waals surface area contributed by atoms with Crippen LogP contribution in [0.5, 0.6) is 0 Å². The van der Waals surface area contributed by atoms with Gasteiger partial charge in [0.2, 0.25) is 0 Å². The summed E-state index contributed by atoms with van der Waals surface area (Å²) in [6.45, 7) is 0. The first kappa shape index (κ1) is 32.9. The van der Waals surface area contributed by atoms with Gasteiger partial charge in [-0.25, -0.2) is 0 Å². The van der Waals surface area contributed by atoms with Gasteiger partial charge in [0, 0.05) is 16.9 Å². The van der Waals surface area contributed by atoms with Crippen LogP contribution < -0.4 is 4.90 Å². The molecular formula is C56H37N. The normalized spacial score (nSPS) is 11.5. The minimum Gasteiger partial charge on any atom is -0.310 e. The highest BCUT2D eigenvalue weighted by Gasteiger charge is 2.18. The molecule has 0 fully saturated rings. The summed E-state index contributed by atoms with van der Waals surface area (Å²) in [5, 5.41) is 12.7. The third-order valence-corrected chi connectivity index (χ3v) is 11.6. The number of anilines is 3. The topological polar surface area (TPSA) is 3.24 Å². The van der Waals surface area contributed by atoms with Gasteiger partial charge in [0.15, 0.2) is 0 Å². The molecule has 1 heteroatoms. The first-order chi connectivity index (χ1) is 28.3. The predicted octanol–water partition coefficient (Wildman–Crippen LogP) is 15.9. The van der Waals surface area contributed by atoms with E-state index in [1.165, 1.54) is 87.2 Å². The Morgan fingerprint density at radius 1 is 0.246 bits per heavy atom. The number of para-hydroxylation sites is 1. The van der Waals surface area contributed by atoms with Crippen molar-refractivity contribution in [2.75, 3.05) is 4.90 Å². The van der Waals surface area contributed by atoms with Crippen molar-refractivity contribution in [2.24, 2.45) is 0 Å². The van der Waals surface area contributed by atoms with E-state index in [0.29, 0.717) is 0 Å². The Bertz CT molecular complexity index is 3270. The highest BCUT2D eigenvalue weighted by molar-refractivity contribution is 6.20. The fraction of sp³-hybridized carbons (Fsp3) is 0. The summed E-state index contributed by atoms with van der Waals surface area (Å²) in [7, 11) is 0. The molecule has 0 bridgehead atoms. The molecule has 0 amide bonds. The van der Waals surface area contributed by atoms with Crippen LogP contribution in [0.3, 0.4) is 0 Å². The van der Waals surface area contributed by atoms with Crippen molar-refractivity contribution in [3.63, 3.8) is 0 Å². The number of fused-ring (bicyclic) bond motifs is 8. The molecule has 57 heavy (non-hydrogen) atoms. The van der Waals surface area contributed by atoms with Gasteiger partial charge in [-0.1, -0.05) is 182 Å². The molecule has 0 radical (unpaired) electrons. The second kappa shape index (κ2) is 13.7. The standard InChI is InChI=1S/C56H37N/c1-2-12-39(13-3-1)49-17-10-11-21-55(49)57(47-34-30-41(31-35-47)53-37-45-15-5-6-16-48(45)51-19-8-9-20-52(51)53)46-32-28-38(29-33-46)44-27-24-42-23-26-43-25-22-40-14-4-7-18-50(40)56(43)54(42)36-44/h1-37H. The Kier molecular flexibility index (Phi) is 7.89. The zero-order valence-electron chi connectivity index (χ0n) is 31.3. The third-order valence-electron chi connectivity index (χ3n) is 11.6. The summed E-state index contributed by atoms with van der Waals surface area (Å²) in [6, 6.07) is 82.0. The molecule has 0 saturated heterocycles. The van der Waals surface area contributed by atoms with Crippen LogP contribution in [0.2, 0.25) is 0 Å². The van der Waals surface area contributed by atoms with E-state index < -0.39 is 0 Å². The van der Waals surface area contributed by atoms with Gasteiger partial charge in [0.05, 0.1) is 5.69 Å². The van der Waals surface area contributed by atoms with Gasteiger partial charge in [-0.2, -0.15) is 0 Å². The van der Waals surface area contributed by atoms with E-state index in [2.05, 4.69) is 229 Å². The van der Waals surface area contributed by atoms with Gasteiger partial charge in [-0.05, 0) is 124 Å². The lowest BCUT2D eigenvalue weighted by atomic mass is 9.93. The van der Waals surface area contributed by atoms with Crippen molar-refractivity contribution < 1.29 is 0 Å². The average Bonchev–Trinajstić information content (AvgIpc) is 3.29. The predicted molar refractivity (Wildman–Crippen MR) is 245 cm³/mol. The molecule has 0 heterocycles. The summed E-state index contributed by atoms with van der Waals surface area (Å²) in [5.41, 5.74) is 10.5. The molecule has 0 unspecified atom stereocenters. The maximum absolute atomic E-state index is 2.40. The molecule has 11 rings (SSSR count). The zero-order valence-corrected chi connectivity index (χ0v) is 31.3. The molecule has 1 nitrogen and oxygen atoms in total. The quantitative estimate of drug-likeness (QED) is 0.154. The van der Waals surface area contributed by atoms with Gasteiger partial charge >= 0.3 is 0 Å². The van der Waals surface area contributed by atoms with Crippen LogP contribution in [0.15, 0.2) is 224 Å². The first-order valence-electron chi connectivity index (χ1n) is 19.7. The summed E-state index contributed by atoms with van der Waals surface area (Å²) < 4.78 is 0. The van der Waals surface area contributed by atoms with Gasteiger partial charge in [0.25, 0.3) is 0 Å². The van der Waals surface area contributed by atoms with Crippen molar-refractivity contribution in [3.05, 3.63) is 224 Å². The summed E-state index contributed by atoms with van der Waals surface area (Å²) in [4.78, 5) is 2.40. The van der Waals surface area contributed by atoms with Crippen molar-refractivity contribution in [2.45, 2.75) is 0 Å². The lowest BCUT2D eigenvalue weighted by molar-refractivity contribution is 1.28. The molecule has 0 spiro atoms. The molecule has 0 aliphatic heterocycles. The van der Waals surface area contributed by atoms with E-state index in [9.17, 15) is 0 Å². The fourth-order valence-electron chi connectivity index (χ4n) is 8.85. The Balaban J connectivity index is 1.03. The minimum atomic E-state index is 1.10. The Morgan fingerprint density at radius 2 is 0.754 bits per heavy atom. The van der Waals surface area contributed by atoms with Gasteiger partial charge in [-0.15, -0.1) is 0 Å². The molecule has 0 atom stereocenters. The van der Waals surface area contributed by atoms with Crippen LogP contribution in [-0.2, 0) is 0 Å². The smallest absolute Gasteiger partial charge is 0.0540 e. The molecule has 11 aromatic rings. The largest absolute Gasteiger partial charge is 0.310 e. The van der Waals surface area contributed by atoms with Crippen LogP contribution in [0.25, 0.3) is 87.2 Å². The Morgan fingerprint density at radius 3 is 1.51 bits per heavy atom. The van der Waals surface area contributed by atoms with Crippen molar-refractivity contribution >= 4 is 70.9 Å². The van der Waals surface area contributed by atoms with Crippen molar-refractivity contribution in [1.29, 1.82) is 0 Å². The second-order valence-electron chi connectivity index (χ2n) is 14.9. The molecule has 0 aliphatic carbocycles. The number of rotatable bonds is 6. The fourth-order valence-corrected chi connectivity index (χ4v) is 8.85. The van der Waals surface area contributed by atoms with Crippen LogP contribution in [0.4, 0.5) is 17.1 Å². The number of benzene rings is 11. The summed E-state index contributed by atoms with van der Waals surface area (Å²) in [6.07, 6.45) is 0. The SMILES string of the molecule is c1ccc(-c2ccccc2N(c2ccc(-c3ccc4ccc5ccc6ccccc6c5c4c3)cc2)c2ccc(-c3cc4ccccc4c4ccccc34)cc2)cc1. The highest BCUT2D eigenvalue weighted by atomic mass is 15.1. The first-order valence-corrected chi connectivity index (χ1v) is 19.7. The van der Waals surface area contributed by atoms with E-state index in [4.69, 9.17) is 0 Å². The van der Waals surface area contributed by atoms with Crippen LogP contribution in [-0.4, -0.2) is 0 Å². The number of hydrogen-bond donors (Lipinski definition) is 0. The highest BCUT2D eigenvalue weighted by Crippen LogP contribution is 2.43. The van der Waals surface area contributed by atoms with E-state index in [-0.39, 0.29) is 0 Å². The van der Waals surface area contributed by atoms with E-state index >= 15 is 0 Å². The third kappa shape index (κ3) is 5.72. The zero-order chi connectivity index (χ0) is 37.7. The average molecular weight is 724 g/mol. The molecular weight excluding hydrogens is 687 g/mol. The van der Waals surface area contributed by atoms with E-state index in [0.717, 1.165) is 17.1 Å². The minimum absolute atomic E-state index is 1.10. The maximum Gasteiger partial charge on any atom is 0.0540 e. The number of nitrogens with zero attached hydrogens (tertiary/aromatic N) is 1. The van der Waals surface area contributed by atoms with Crippen molar-refractivity contribution in [1.82, 2.24) is 0 Å². The van der Waals surface area contributed by atoms with Gasteiger partial charge in [-0.3, -0.25) is 0 Å². The molecule has 11 aromatic carbocycles. The lowest BCUT2D eigenvalue weighted by Gasteiger charge is -2.28. The molecule has 0 saturated carbocycles. The summed E-state index contributed by atoms with van der Waals surface area (Å²) in [5.74, 6) is 0. The monoisotopic (exact) mass is 723 g/mol. The van der Waals surface area contributed by atoms with Crippen LogP contribution in [0.1, 0.15) is 0 Å². The Hall–Kier alpha value is -7.48. The van der Waals surface area contributed by atoms with Gasteiger partial charge < -0.3 is 4.90 Å². The number of hydrogen-bond acceptors (Lipinski definition) is 1. The van der Waals surface area contributed by atoms with Crippen LogP contribution >= 0.6 is 0 Å². The van der Waals surface area contributed by atoms with Crippen molar-refractivity contribution in [3.8, 4) is 33.4 Å². The van der Waals surface area contributed by atoms with E-state index in [1.54, 1.807) is 0 Å². The molecule has 0 N–H and O–H groups in total. The Labute approximate surface area is 332 Å². The van der Waals surface area contributed by atoms with Gasteiger partial charge in [0.1, 0.15) is 0 Å². The summed E-state index contributed by atoms with van der Waals surface area (Å²) >= 11 is 0.